The average Bonchev–Trinajstić information content (AvgIpc) is 2.79. The van der Waals surface area contributed by atoms with Crippen LogP contribution in [-0.4, -0.2) is 44.3 Å². The number of rotatable bonds is 12. The lowest BCUT2D eigenvalue weighted by Gasteiger charge is -2.09. The molecule has 0 aliphatic rings. The molecule has 0 spiro atoms. The zero-order valence-electron chi connectivity index (χ0n) is 17.3. The molecule has 0 amide bonds. The first kappa shape index (κ1) is 26.4. The fraction of sp³-hybridized carbons (Fsp3) is 0.286. The number of hydrogen-bond donors (Lipinski definition) is 0. The molecule has 0 aliphatic heterocycles. The number of aldehydes is 1. The first-order chi connectivity index (χ1) is 15.5. The fourth-order valence-electron chi connectivity index (χ4n) is 2.16. The van der Waals surface area contributed by atoms with Crippen molar-refractivity contribution in [1.82, 2.24) is 0 Å². The second-order valence-corrected chi connectivity index (χ2v) is 6.64. The van der Waals surface area contributed by atoms with Gasteiger partial charge in [0.1, 0.15) is 29.1 Å². The lowest BCUT2D eigenvalue weighted by atomic mass is 10.2. The molecule has 0 aliphatic carbocycles. The Kier molecular flexibility index (Phi) is 13.3. The molecule has 0 aromatic heterocycles. The van der Waals surface area contributed by atoms with E-state index in [1.807, 2.05) is 5.40 Å². The monoisotopic (exact) mass is 462 g/mol. The normalized spacial score (nSPS) is 9.50. The maximum Gasteiger partial charge on any atom is 0.347 e. The van der Waals surface area contributed by atoms with E-state index in [2.05, 4.69) is 4.84 Å². The highest BCUT2D eigenvalue weighted by molar-refractivity contribution is 8.03. The molecular formula is C21H22N2O8S. The van der Waals surface area contributed by atoms with Gasteiger partial charge in [0.15, 0.2) is 6.29 Å². The zero-order chi connectivity index (χ0) is 23.6. The lowest BCUT2D eigenvalue weighted by molar-refractivity contribution is -0.757. The van der Waals surface area contributed by atoms with Crippen molar-refractivity contribution in [3.63, 3.8) is 0 Å². The van der Waals surface area contributed by atoms with E-state index < -0.39 is 11.1 Å². The highest BCUT2D eigenvalue weighted by Gasteiger charge is 2.14. The molecule has 0 N–H and O–H groups in total. The molecule has 170 valence electrons. The van der Waals surface area contributed by atoms with Crippen molar-refractivity contribution in [3.05, 3.63) is 64.2 Å². The predicted molar refractivity (Wildman–Crippen MR) is 115 cm³/mol. The highest BCUT2D eigenvalue weighted by atomic mass is 32.2. The Bertz CT molecular complexity index is 899. The summed E-state index contributed by atoms with van der Waals surface area (Å²) in [4.78, 5) is 36.9. The third-order valence-corrected chi connectivity index (χ3v) is 4.15. The minimum atomic E-state index is -0.785. The van der Waals surface area contributed by atoms with E-state index in [4.69, 9.17) is 19.5 Å². The van der Waals surface area contributed by atoms with Crippen LogP contribution in [0.2, 0.25) is 0 Å². The Hall–Kier alpha value is -3.62. The van der Waals surface area contributed by atoms with Gasteiger partial charge in [0.05, 0.1) is 6.61 Å². The van der Waals surface area contributed by atoms with Gasteiger partial charge in [-0.1, -0.05) is 12.1 Å². The van der Waals surface area contributed by atoms with Crippen LogP contribution in [0.5, 0.6) is 11.5 Å². The summed E-state index contributed by atoms with van der Waals surface area (Å²) in [5.41, 5.74) is 0.236. The van der Waals surface area contributed by atoms with E-state index in [0.717, 1.165) is 23.1 Å². The summed E-state index contributed by atoms with van der Waals surface area (Å²) in [7, 11) is 1.59. The summed E-state index contributed by atoms with van der Waals surface area (Å²) in [6.07, 6.45) is 2.06. The molecule has 0 atom stereocenters. The van der Waals surface area contributed by atoms with Crippen molar-refractivity contribution in [3.8, 4) is 16.9 Å². The van der Waals surface area contributed by atoms with E-state index in [0.29, 0.717) is 25.1 Å². The number of para-hydroxylation sites is 1. The number of benzene rings is 2. The van der Waals surface area contributed by atoms with Crippen LogP contribution in [0.15, 0.2) is 53.4 Å². The van der Waals surface area contributed by atoms with Crippen molar-refractivity contribution in [2.75, 3.05) is 26.9 Å². The van der Waals surface area contributed by atoms with Gasteiger partial charge in [-0.05, 0) is 61.0 Å². The molecule has 32 heavy (non-hydrogen) atoms. The van der Waals surface area contributed by atoms with Crippen LogP contribution in [0.4, 0.5) is 0 Å². The number of carbonyl (C=O) groups excluding carboxylic acids is 2. The van der Waals surface area contributed by atoms with Crippen molar-refractivity contribution < 1.29 is 33.7 Å². The summed E-state index contributed by atoms with van der Waals surface area (Å²) in [5, 5.41) is 19.3. The van der Waals surface area contributed by atoms with Crippen LogP contribution in [0, 0.1) is 20.8 Å². The molecule has 2 aromatic carbocycles. The molecule has 2 aromatic rings. The van der Waals surface area contributed by atoms with Gasteiger partial charge in [-0.15, -0.1) is 10.1 Å². The zero-order valence-corrected chi connectivity index (χ0v) is 18.1. The Labute approximate surface area is 189 Å². The van der Waals surface area contributed by atoms with Gasteiger partial charge in [-0.25, -0.2) is 4.79 Å². The third kappa shape index (κ3) is 11.0. The quantitative estimate of drug-likeness (QED) is 0.0671. The summed E-state index contributed by atoms with van der Waals surface area (Å²) in [5.74, 6) is 0.0657. The van der Waals surface area contributed by atoms with Crippen molar-refractivity contribution in [1.29, 1.82) is 5.26 Å². The largest absolute Gasteiger partial charge is 0.485 e. The van der Waals surface area contributed by atoms with E-state index >= 15 is 0 Å². The highest BCUT2D eigenvalue weighted by Crippen LogP contribution is 2.23. The van der Waals surface area contributed by atoms with Crippen LogP contribution in [0.1, 0.15) is 23.2 Å². The van der Waals surface area contributed by atoms with Crippen LogP contribution in [0.3, 0.4) is 0 Å². The second-order valence-electron chi connectivity index (χ2n) is 5.78. The van der Waals surface area contributed by atoms with Gasteiger partial charge in [0.2, 0.25) is 0 Å². The number of methoxy groups -OCH3 is 1. The van der Waals surface area contributed by atoms with Crippen molar-refractivity contribution in [2.24, 2.45) is 0 Å². The van der Waals surface area contributed by atoms with Crippen LogP contribution in [-0.2, 0) is 14.4 Å². The molecule has 2 rings (SSSR count). The fourth-order valence-corrected chi connectivity index (χ4v) is 2.54. The smallest absolute Gasteiger partial charge is 0.347 e. The number of nitrogens with zero attached hydrogens (tertiary/aromatic N) is 2. The van der Waals surface area contributed by atoms with Gasteiger partial charge < -0.3 is 19.0 Å². The van der Waals surface area contributed by atoms with Crippen LogP contribution >= 0.6 is 11.8 Å². The summed E-state index contributed by atoms with van der Waals surface area (Å²) < 4.78 is 15.2. The number of thiocyanates is 1. The maximum atomic E-state index is 12.2. The molecule has 0 bridgehead atoms. The predicted octanol–water partition coefficient (Wildman–Crippen LogP) is 3.68. The van der Waals surface area contributed by atoms with Gasteiger partial charge >= 0.3 is 5.97 Å². The second kappa shape index (κ2) is 16.1. The molecule has 10 nitrogen and oxygen atoms in total. The topological polar surface area (TPSA) is 138 Å². The summed E-state index contributed by atoms with van der Waals surface area (Å²) in [6.45, 7) is 0.655. The van der Waals surface area contributed by atoms with E-state index in [9.17, 15) is 19.7 Å². The Morgan fingerprint density at radius 2 is 1.84 bits per heavy atom. The van der Waals surface area contributed by atoms with Gasteiger partial charge in [-0.3, -0.25) is 4.79 Å². The molecular weight excluding hydrogens is 440 g/mol. The SMILES string of the molecule is COCCCCO[N+](=O)[O-].N#CSc1ccc(OC(=O)c2ccccc2OCC=O)cc1. The Balaban J connectivity index is 0.000000433. The molecule has 0 saturated heterocycles. The minimum Gasteiger partial charge on any atom is -0.485 e. The number of carbonyl (C=O) groups is 2. The van der Waals surface area contributed by atoms with E-state index in [-0.39, 0.29) is 24.5 Å². The van der Waals surface area contributed by atoms with Gasteiger partial charge in [0.25, 0.3) is 5.09 Å². The standard InChI is InChI=1S/C16H11NO4S.C5H11NO4/c17-11-22-13-7-5-12(6-8-13)21-16(19)14-3-1-2-4-15(14)20-10-9-18;1-9-4-2-3-5-10-6(7)8/h1-9H,10H2;2-5H2,1H3. The summed E-state index contributed by atoms with van der Waals surface area (Å²) >= 11 is 1.02. The van der Waals surface area contributed by atoms with Crippen molar-refractivity contribution >= 4 is 24.0 Å². The van der Waals surface area contributed by atoms with E-state index in [1.54, 1.807) is 55.6 Å². The number of thioether (sulfide) groups is 1. The van der Waals surface area contributed by atoms with Gasteiger partial charge in [-0.2, -0.15) is 5.26 Å². The number of esters is 1. The molecule has 0 saturated carbocycles. The third-order valence-electron chi connectivity index (χ3n) is 3.55. The molecule has 0 fully saturated rings. The maximum absolute atomic E-state index is 12.2. The number of ether oxygens (including phenoxy) is 3. The summed E-state index contributed by atoms with van der Waals surface area (Å²) in [6, 6.07) is 13.1. The van der Waals surface area contributed by atoms with E-state index in [1.165, 1.54) is 0 Å². The number of nitriles is 1. The molecule has 0 unspecified atom stereocenters. The first-order valence-electron chi connectivity index (χ1n) is 9.31. The lowest BCUT2D eigenvalue weighted by Crippen LogP contribution is -2.11. The van der Waals surface area contributed by atoms with Crippen LogP contribution in [0.25, 0.3) is 0 Å². The van der Waals surface area contributed by atoms with Crippen LogP contribution < -0.4 is 9.47 Å². The average molecular weight is 462 g/mol. The van der Waals surface area contributed by atoms with Gasteiger partial charge in [0, 0.05) is 18.6 Å². The molecule has 0 heterocycles. The van der Waals surface area contributed by atoms with Crippen molar-refractivity contribution in [2.45, 2.75) is 17.7 Å². The Morgan fingerprint density at radius 1 is 1.16 bits per heavy atom. The first-order valence-corrected chi connectivity index (χ1v) is 10.1. The molecule has 11 heteroatoms. The Morgan fingerprint density at radius 3 is 2.47 bits per heavy atom. The minimum absolute atomic E-state index is 0.135. The molecule has 0 radical (unpaired) electrons. The number of hydrogen-bond acceptors (Lipinski definition) is 10. The number of unbranched alkanes of at least 4 members (excludes halogenated alkanes) is 1.